The van der Waals surface area contributed by atoms with Gasteiger partial charge in [0.05, 0.1) is 6.54 Å². The molecule has 1 aromatic carbocycles. The molecule has 116 valence electrons. The van der Waals surface area contributed by atoms with Gasteiger partial charge in [-0.1, -0.05) is 32.4 Å². The van der Waals surface area contributed by atoms with Crippen LogP contribution in [0.4, 0.5) is 0 Å². The molecule has 0 spiro atoms. The van der Waals surface area contributed by atoms with Crippen LogP contribution in [0.15, 0.2) is 29.3 Å². The van der Waals surface area contributed by atoms with Gasteiger partial charge in [-0.25, -0.2) is 4.99 Å². The molecule has 1 rings (SSSR count). The molecule has 0 atom stereocenters. The maximum atomic E-state index is 11.8. The highest BCUT2D eigenvalue weighted by Gasteiger charge is 2.04. The molecule has 0 saturated carbocycles. The van der Waals surface area contributed by atoms with Crippen molar-refractivity contribution >= 4 is 11.9 Å². The van der Waals surface area contributed by atoms with E-state index in [2.05, 4.69) is 29.5 Å². The minimum absolute atomic E-state index is 0.0253. The summed E-state index contributed by atoms with van der Waals surface area (Å²) in [7, 11) is 0. The number of nitrogens with one attached hydrogen (secondary N) is 2. The Morgan fingerprint density at radius 1 is 1.10 bits per heavy atom. The number of nitrogens with two attached hydrogens (primary N) is 1. The molecular weight excluding hydrogens is 264 g/mol. The summed E-state index contributed by atoms with van der Waals surface area (Å²) in [6.45, 7) is 6.24. The van der Waals surface area contributed by atoms with E-state index in [0.717, 1.165) is 37.9 Å². The standard InChI is InChI=1S/C16H26N4O/c1-3-5-11-18-15(21)14-8-6-13(7-9-14)12-20-16(17)19-10-4-2/h6-9H,3-5,10-12H2,1-2H3,(H,18,21)(H3,17,19,20). The van der Waals surface area contributed by atoms with E-state index in [1.807, 2.05) is 24.3 Å². The highest BCUT2D eigenvalue weighted by atomic mass is 16.1. The molecule has 5 heteroatoms. The quantitative estimate of drug-likeness (QED) is 0.389. The van der Waals surface area contributed by atoms with E-state index in [9.17, 15) is 4.79 Å². The third-order valence-electron chi connectivity index (χ3n) is 3.02. The number of guanidine groups is 1. The second-order valence-electron chi connectivity index (χ2n) is 4.93. The maximum absolute atomic E-state index is 11.8. The third kappa shape index (κ3) is 6.79. The average molecular weight is 290 g/mol. The molecule has 0 saturated heterocycles. The molecule has 0 heterocycles. The summed E-state index contributed by atoms with van der Waals surface area (Å²) in [5.74, 6) is 0.431. The van der Waals surface area contributed by atoms with Gasteiger partial charge < -0.3 is 16.4 Å². The number of carbonyl (C=O) groups excluding carboxylic acids is 1. The van der Waals surface area contributed by atoms with Gasteiger partial charge in [-0.05, 0) is 30.5 Å². The van der Waals surface area contributed by atoms with Crippen molar-refractivity contribution in [2.45, 2.75) is 39.7 Å². The average Bonchev–Trinajstić information content (AvgIpc) is 2.51. The van der Waals surface area contributed by atoms with Crippen LogP contribution in [0, 0.1) is 0 Å². The number of benzene rings is 1. The molecule has 0 aliphatic heterocycles. The number of carbonyl (C=O) groups is 1. The Morgan fingerprint density at radius 3 is 2.43 bits per heavy atom. The van der Waals surface area contributed by atoms with E-state index >= 15 is 0 Å². The Morgan fingerprint density at radius 2 is 1.81 bits per heavy atom. The van der Waals surface area contributed by atoms with Gasteiger partial charge in [0, 0.05) is 18.7 Å². The molecule has 1 amide bonds. The van der Waals surface area contributed by atoms with Crippen LogP contribution in [0.25, 0.3) is 0 Å². The molecule has 0 radical (unpaired) electrons. The monoisotopic (exact) mass is 290 g/mol. The van der Waals surface area contributed by atoms with Crippen LogP contribution < -0.4 is 16.4 Å². The van der Waals surface area contributed by atoms with Crippen molar-refractivity contribution in [2.75, 3.05) is 13.1 Å². The molecule has 1 aromatic rings. The van der Waals surface area contributed by atoms with Gasteiger partial charge >= 0.3 is 0 Å². The number of aliphatic imine (C=N–C) groups is 1. The minimum atomic E-state index is -0.0253. The molecular formula is C16H26N4O. The number of hydrogen-bond donors (Lipinski definition) is 3. The van der Waals surface area contributed by atoms with Crippen LogP contribution >= 0.6 is 0 Å². The summed E-state index contributed by atoms with van der Waals surface area (Å²) >= 11 is 0. The Hall–Kier alpha value is -2.04. The SMILES string of the molecule is CCCCNC(=O)c1ccc(CN=C(N)NCCC)cc1. The van der Waals surface area contributed by atoms with Crippen LogP contribution in [0.3, 0.4) is 0 Å². The lowest BCUT2D eigenvalue weighted by atomic mass is 10.1. The van der Waals surface area contributed by atoms with Gasteiger partial charge in [0.25, 0.3) is 5.91 Å². The predicted molar refractivity (Wildman–Crippen MR) is 87.3 cm³/mol. The first kappa shape index (κ1) is 17.0. The van der Waals surface area contributed by atoms with Crippen LogP contribution in [0.2, 0.25) is 0 Å². The second-order valence-corrected chi connectivity index (χ2v) is 4.93. The molecule has 0 aliphatic rings. The van der Waals surface area contributed by atoms with Crippen LogP contribution in [-0.2, 0) is 6.54 Å². The number of nitrogens with zero attached hydrogens (tertiary/aromatic N) is 1. The zero-order valence-corrected chi connectivity index (χ0v) is 13.0. The van der Waals surface area contributed by atoms with E-state index in [-0.39, 0.29) is 5.91 Å². The largest absolute Gasteiger partial charge is 0.370 e. The lowest BCUT2D eigenvalue weighted by Gasteiger charge is -2.06. The lowest BCUT2D eigenvalue weighted by Crippen LogP contribution is -2.32. The van der Waals surface area contributed by atoms with Crippen LogP contribution in [0.1, 0.15) is 49.0 Å². The zero-order chi connectivity index (χ0) is 15.5. The summed E-state index contributed by atoms with van der Waals surface area (Å²) in [5.41, 5.74) is 7.43. The molecule has 0 fully saturated rings. The molecule has 0 bridgehead atoms. The second kappa shape index (κ2) is 9.80. The molecule has 0 unspecified atom stereocenters. The Bertz CT molecular complexity index is 454. The van der Waals surface area contributed by atoms with Crippen molar-refractivity contribution in [3.05, 3.63) is 35.4 Å². The number of rotatable bonds is 8. The smallest absolute Gasteiger partial charge is 0.251 e. The van der Waals surface area contributed by atoms with Crippen molar-refractivity contribution in [1.82, 2.24) is 10.6 Å². The molecule has 0 aromatic heterocycles. The van der Waals surface area contributed by atoms with Crippen molar-refractivity contribution < 1.29 is 4.79 Å². The van der Waals surface area contributed by atoms with Gasteiger partial charge in [-0.2, -0.15) is 0 Å². The maximum Gasteiger partial charge on any atom is 0.251 e. The topological polar surface area (TPSA) is 79.5 Å². The summed E-state index contributed by atoms with van der Waals surface area (Å²) in [4.78, 5) is 16.1. The molecule has 4 N–H and O–H groups in total. The van der Waals surface area contributed by atoms with Crippen LogP contribution in [-0.4, -0.2) is 25.0 Å². The van der Waals surface area contributed by atoms with Crippen LogP contribution in [0.5, 0.6) is 0 Å². The predicted octanol–water partition coefficient (Wildman–Crippen LogP) is 2.03. The van der Waals surface area contributed by atoms with Crippen molar-refractivity contribution in [2.24, 2.45) is 10.7 Å². The van der Waals surface area contributed by atoms with Gasteiger partial charge in [-0.3, -0.25) is 4.79 Å². The van der Waals surface area contributed by atoms with Crippen molar-refractivity contribution in [1.29, 1.82) is 0 Å². The first-order valence-electron chi connectivity index (χ1n) is 7.58. The summed E-state index contributed by atoms with van der Waals surface area (Å²) in [5, 5.41) is 5.92. The van der Waals surface area contributed by atoms with E-state index in [4.69, 9.17) is 5.73 Å². The molecule has 5 nitrogen and oxygen atoms in total. The summed E-state index contributed by atoms with van der Waals surface area (Å²) in [6, 6.07) is 7.46. The first-order valence-corrected chi connectivity index (χ1v) is 7.58. The van der Waals surface area contributed by atoms with E-state index < -0.39 is 0 Å². The summed E-state index contributed by atoms with van der Waals surface area (Å²) < 4.78 is 0. The molecule has 21 heavy (non-hydrogen) atoms. The third-order valence-corrected chi connectivity index (χ3v) is 3.02. The van der Waals surface area contributed by atoms with Crippen molar-refractivity contribution in [3.8, 4) is 0 Å². The van der Waals surface area contributed by atoms with Gasteiger partial charge in [0.15, 0.2) is 5.96 Å². The number of unbranched alkanes of at least 4 members (excludes halogenated alkanes) is 1. The van der Waals surface area contributed by atoms with E-state index in [0.29, 0.717) is 18.1 Å². The normalized spacial score (nSPS) is 11.2. The minimum Gasteiger partial charge on any atom is -0.370 e. The van der Waals surface area contributed by atoms with E-state index in [1.54, 1.807) is 0 Å². The lowest BCUT2D eigenvalue weighted by molar-refractivity contribution is 0.0953. The first-order chi connectivity index (χ1) is 10.2. The van der Waals surface area contributed by atoms with Gasteiger partial charge in [-0.15, -0.1) is 0 Å². The van der Waals surface area contributed by atoms with Crippen molar-refractivity contribution in [3.63, 3.8) is 0 Å². The Labute approximate surface area is 127 Å². The fourth-order valence-corrected chi connectivity index (χ4v) is 1.73. The highest BCUT2D eigenvalue weighted by molar-refractivity contribution is 5.94. The van der Waals surface area contributed by atoms with Gasteiger partial charge in [0.2, 0.25) is 0 Å². The number of amides is 1. The fraction of sp³-hybridized carbons (Fsp3) is 0.500. The summed E-state index contributed by atoms with van der Waals surface area (Å²) in [6.07, 6.45) is 3.09. The number of hydrogen-bond acceptors (Lipinski definition) is 2. The van der Waals surface area contributed by atoms with Gasteiger partial charge in [0.1, 0.15) is 0 Å². The highest BCUT2D eigenvalue weighted by Crippen LogP contribution is 2.06. The molecule has 0 aliphatic carbocycles. The Kier molecular flexibility index (Phi) is 7.94. The zero-order valence-electron chi connectivity index (χ0n) is 13.0. The van der Waals surface area contributed by atoms with E-state index in [1.165, 1.54) is 0 Å². The Balaban J connectivity index is 2.48. The fourth-order valence-electron chi connectivity index (χ4n) is 1.73.